The summed E-state index contributed by atoms with van der Waals surface area (Å²) in [5.74, 6) is 0.961. The number of ether oxygens (including phenoxy) is 1. The maximum Gasteiger partial charge on any atom is 0.127 e. The third-order valence-electron chi connectivity index (χ3n) is 5.41. The number of nitrogens with one attached hydrogen (secondary N) is 1. The lowest BCUT2D eigenvalue weighted by molar-refractivity contribution is -0.0868. The highest BCUT2D eigenvalue weighted by Crippen LogP contribution is 2.56. The molecule has 1 aromatic heterocycles. The molecule has 23 heavy (non-hydrogen) atoms. The number of rotatable bonds is 4. The normalized spacial score (nSPS) is 34.0. The molecule has 0 radical (unpaired) electrons. The second-order valence-corrected chi connectivity index (χ2v) is 8.20. The van der Waals surface area contributed by atoms with Gasteiger partial charge in [0.25, 0.3) is 0 Å². The molecule has 4 rings (SSSR count). The highest BCUT2D eigenvalue weighted by atomic mass is 79.9. The molecule has 6 heteroatoms. The molecule has 0 unspecified atom stereocenters. The summed E-state index contributed by atoms with van der Waals surface area (Å²) in [6.45, 7) is 4.59. The molecule has 1 aliphatic heterocycles. The summed E-state index contributed by atoms with van der Waals surface area (Å²) in [5, 5.41) is 13.1. The molecule has 0 aromatic carbocycles. The molecule has 3 aliphatic rings. The van der Waals surface area contributed by atoms with Gasteiger partial charge in [-0.2, -0.15) is 0 Å². The van der Waals surface area contributed by atoms with Crippen LogP contribution in [0.3, 0.4) is 0 Å². The number of anilines is 1. The number of morpholine rings is 1. The van der Waals surface area contributed by atoms with Gasteiger partial charge in [0.15, 0.2) is 0 Å². The number of aliphatic hydroxyl groups is 1. The Hall–Kier alpha value is -0.690. The van der Waals surface area contributed by atoms with Crippen molar-refractivity contribution in [2.75, 3.05) is 31.6 Å². The predicted octanol–water partition coefficient (Wildman–Crippen LogP) is 2.39. The van der Waals surface area contributed by atoms with Crippen molar-refractivity contribution in [3.8, 4) is 0 Å². The number of aromatic nitrogens is 1. The van der Waals surface area contributed by atoms with Crippen molar-refractivity contribution in [2.24, 2.45) is 5.41 Å². The van der Waals surface area contributed by atoms with E-state index in [0.717, 1.165) is 69.0 Å². The highest BCUT2D eigenvalue weighted by Gasteiger charge is 2.52. The van der Waals surface area contributed by atoms with Gasteiger partial charge in [0, 0.05) is 25.7 Å². The van der Waals surface area contributed by atoms with E-state index in [4.69, 9.17) is 4.74 Å². The maximum atomic E-state index is 9.50. The van der Waals surface area contributed by atoms with Crippen LogP contribution in [0.4, 0.5) is 5.82 Å². The molecular weight excluding hydrogens is 358 g/mol. The molecule has 2 heterocycles. The molecule has 0 bridgehead atoms. The van der Waals surface area contributed by atoms with Gasteiger partial charge in [-0.1, -0.05) is 0 Å². The smallest absolute Gasteiger partial charge is 0.127 e. The standard InChI is InChI=1S/C17H24BrN3O2/c18-15-5-12(11-21-1-3-23-4-2-21)6-16(20-15)19-13-7-17(8-13)9-14(22)10-17/h5-6,13-14,22H,1-4,7-11H2,(H,19,20). The minimum atomic E-state index is -0.0555. The van der Waals surface area contributed by atoms with Crippen LogP contribution >= 0.6 is 15.9 Å². The first kappa shape index (κ1) is 15.8. The van der Waals surface area contributed by atoms with Gasteiger partial charge in [-0.3, -0.25) is 4.90 Å². The molecule has 0 atom stereocenters. The monoisotopic (exact) mass is 381 g/mol. The van der Waals surface area contributed by atoms with Crippen LogP contribution < -0.4 is 5.32 Å². The van der Waals surface area contributed by atoms with Crippen LogP contribution in [-0.2, 0) is 11.3 Å². The summed E-state index contributed by atoms with van der Waals surface area (Å²) in [7, 11) is 0. The predicted molar refractivity (Wildman–Crippen MR) is 92.4 cm³/mol. The average Bonchev–Trinajstić information content (AvgIpc) is 2.44. The fraction of sp³-hybridized carbons (Fsp3) is 0.706. The van der Waals surface area contributed by atoms with E-state index in [1.807, 2.05) is 0 Å². The van der Waals surface area contributed by atoms with Crippen molar-refractivity contribution in [1.82, 2.24) is 9.88 Å². The van der Waals surface area contributed by atoms with Crippen molar-refractivity contribution < 1.29 is 9.84 Å². The lowest BCUT2D eigenvalue weighted by Crippen LogP contribution is -2.54. The van der Waals surface area contributed by atoms with Crippen molar-refractivity contribution in [1.29, 1.82) is 0 Å². The highest BCUT2D eigenvalue weighted by molar-refractivity contribution is 9.10. The fourth-order valence-corrected chi connectivity index (χ4v) is 4.79. The van der Waals surface area contributed by atoms with Crippen molar-refractivity contribution in [3.63, 3.8) is 0 Å². The molecule has 1 aromatic rings. The third kappa shape index (κ3) is 3.55. The van der Waals surface area contributed by atoms with Gasteiger partial charge >= 0.3 is 0 Å². The van der Waals surface area contributed by atoms with E-state index >= 15 is 0 Å². The summed E-state index contributed by atoms with van der Waals surface area (Å²) in [5.41, 5.74) is 1.71. The second kappa shape index (κ2) is 6.31. The molecule has 126 valence electrons. The molecule has 2 N–H and O–H groups in total. The fourth-order valence-electron chi connectivity index (χ4n) is 4.30. The van der Waals surface area contributed by atoms with Gasteiger partial charge in [0.1, 0.15) is 10.4 Å². The number of nitrogens with zero attached hydrogens (tertiary/aromatic N) is 2. The Morgan fingerprint density at radius 1 is 1.26 bits per heavy atom. The van der Waals surface area contributed by atoms with Crippen molar-refractivity contribution >= 4 is 21.7 Å². The van der Waals surface area contributed by atoms with E-state index in [1.165, 1.54) is 5.56 Å². The maximum absolute atomic E-state index is 9.50. The molecule has 1 spiro atoms. The van der Waals surface area contributed by atoms with Crippen LogP contribution in [0.2, 0.25) is 0 Å². The van der Waals surface area contributed by atoms with Crippen LogP contribution in [0.15, 0.2) is 16.7 Å². The average molecular weight is 382 g/mol. The summed E-state index contributed by atoms with van der Waals surface area (Å²) in [6.07, 6.45) is 4.24. The number of pyridine rings is 1. The summed E-state index contributed by atoms with van der Waals surface area (Å²) in [4.78, 5) is 6.99. The lowest BCUT2D eigenvalue weighted by atomic mass is 9.53. The van der Waals surface area contributed by atoms with E-state index in [-0.39, 0.29) is 6.10 Å². The Balaban J connectivity index is 1.35. The molecule has 5 nitrogen and oxygen atoms in total. The largest absolute Gasteiger partial charge is 0.393 e. The SMILES string of the molecule is OC1CC2(C1)CC(Nc1cc(CN3CCOCC3)cc(Br)n1)C2. The number of hydrogen-bond acceptors (Lipinski definition) is 5. The van der Waals surface area contributed by atoms with Crippen LogP contribution in [0, 0.1) is 5.41 Å². The minimum Gasteiger partial charge on any atom is -0.393 e. The molecule has 1 saturated heterocycles. The van der Waals surface area contributed by atoms with E-state index in [9.17, 15) is 5.11 Å². The number of hydrogen-bond donors (Lipinski definition) is 2. The number of halogens is 1. The Morgan fingerprint density at radius 3 is 2.70 bits per heavy atom. The topological polar surface area (TPSA) is 57.6 Å². The molecule has 2 aliphatic carbocycles. The van der Waals surface area contributed by atoms with Crippen molar-refractivity contribution in [3.05, 3.63) is 22.3 Å². The second-order valence-electron chi connectivity index (χ2n) is 7.38. The zero-order valence-corrected chi connectivity index (χ0v) is 14.9. The number of aliphatic hydroxyl groups excluding tert-OH is 1. The summed E-state index contributed by atoms with van der Waals surface area (Å²) in [6, 6.07) is 4.77. The van der Waals surface area contributed by atoms with E-state index < -0.39 is 0 Å². The molecule has 2 saturated carbocycles. The Labute approximate surface area is 145 Å². The van der Waals surface area contributed by atoms with Gasteiger partial charge < -0.3 is 15.2 Å². The molecule has 3 fully saturated rings. The molecule has 0 amide bonds. The third-order valence-corrected chi connectivity index (χ3v) is 5.82. The molecular formula is C17H24BrN3O2. The Kier molecular flexibility index (Phi) is 4.34. The van der Waals surface area contributed by atoms with E-state index in [1.54, 1.807) is 0 Å². The van der Waals surface area contributed by atoms with E-state index in [2.05, 4.69) is 43.3 Å². The van der Waals surface area contributed by atoms with Crippen LogP contribution in [-0.4, -0.2) is 53.4 Å². The van der Waals surface area contributed by atoms with Gasteiger partial charge in [0.05, 0.1) is 19.3 Å². The quantitative estimate of drug-likeness (QED) is 0.784. The van der Waals surface area contributed by atoms with Gasteiger partial charge in [0.2, 0.25) is 0 Å². The van der Waals surface area contributed by atoms with Crippen LogP contribution in [0.25, 0.3) is 0 Å². The van der Waals surface area contributed by atoms with Crippen LogP contribution in [0.5, 0.6) is 0 Å². The van der Waals surface area contributed by atoms with Crippen LogP contribution in [0.1, 0.15) is 31.2 Å². The first-order valence-electron chi connectivity index (χ1n) is 8.51. The Bertz CT molecular complexity index is 563. The lowest BCUT2D eigenvalue weighted by Gasteiger charge is -2.56. The van der Waals surface area contributed by atoms with Crippen molar-refractivity contribution in [2.45, 2.75) is 44.4 Å². The summed E-state index contributed by atoms with van der Waals surface area (Å²) >= 11 is 3.54. The Morgan fingerprint density at radius 2 is 2.00 bits per heavy atom. The van der Waals surface area contributed by atoms with Gasteiger partial charge in [-0.25, -0.2) is 4.98 Å². The minimum absolute atomic E-state index is 0.0555. The van der Waals surface area contributed by atoms with E-state index in [0.29, 0.717) is 11.5 Å². The van der Waals surface area contributed by atoms with Gasteiger partial charge in [-0.05, 0) is 64.7 Å². The first-order chi connectivity index (χ1) is 11.1. The zero-order valence-electron chi connectivity index (χ0n) is 13.3. The van der Waals surface area contributed by atoms with Gasteiger partial charge in [-0.15, -0.1) is 0 Å². The zero-order chi connectivity index (χ0) is 15.9. The summed E-state index contributed by atoms with van der Waals surface area (Å²) < 4.78 is 6.30. The first-order valence-corrected chi connectivity index (χ1v) is 9.31.